The van der Waals surface area contributed by atoms with Crippen LogP contribution in [0.2, 0.25) is 0 Å². The second kappa shape index (κ2) is 7.71. The maximum absolute atomic E-state index is 12.3. The molecular weight excluding hydrogens is 286 g/mol. The fourth-order valence-electron chi connectivity index (χ4n) is 2.63. The second-order valence-corrected chi connectivity index (χ2v) is 6.58. The van der Waals surface area contributed by atoms with Gasteiger partial charge in [-0.2, -0.15) is 0 Å². The zero-order valence-electron chi connectivity index (χ0n) is 12.6. The van der Waals surface area contributed by atoms with Crippen LogP contribution in [0.5, 0.6) is 0 Å². The summed E-state index contributed by atoms with van der Waals surface area (Å²) in [6.45, 7) is 4.62. The summed E-state index contributed by atoms with van der Waals surface area (Å²) in [5, 5.41) is 4.87. The smallest absolute Gasteiger partial charge is 0.223 e. The van der Waals surface area contributed by atoms with Gasteiger partial charge in [0, 0.05) is 25.0 Å². The highest BCUT2D eigenvalue weighted by Crippen LogP contribution is 2.22. The third-order valence-electron chi connectivity index (χ3n) is 3.87. The van der Waals surface area contributed by atoms with Gasteiger partial charge < -0.3 is 10.1 Å². The van der Waals surface area contributed by atoms with E-state index in [1.165, 1.54) is 11.3 Å². The number of carbonyl (C=O) groups excluding carboxylic acids is 2. The molecule has 2 rings (SSSR count). The van der Waals surface area contributed by atoms with Gasteiger partial charge in [0.05, 0.1) is 11.0 Å². The van der Waals surface area contributed by atoms with E-state index in [4.69, 9.17) is 4.74 Å². The van der Waals surface area contributed by atoms with Crippen LogP contribution >= 0.6 is 11.3 Å². The number of nitrogens with one attached hydrogen (secondary N) is 1. The summed E-state index contributed by atoms with van der Waals surface area (Å²) in [6, 6.07) is 3.56. The normalized spacial score (nSPS) is 23.5. The average molecular weight is 309 g/mol. The predicted molar refractivity (Wildman–Crippen MR) is 83.6 cm³/mol. The van der Waals surface area contributed by atoms with Crippen molar-refractivity contribution in [2.24, 2.45) is 5.92 Å². The van der Waals surface area contributed by atoms with Crippen LogP contribution in [-0.4, -0.2) is 30.4 Å². The summed E-state index contributed by atoms with van der Waals surface area (Å²) < 4.78 is 5.59. The number of ether oxygens (including phenoxy) is 1. The highest BCUT2D eigenvalue weighted by Gasteiger charge is 2.28. The summed E-state index contributed by atoms with van der Waals surface area (Å²) in [4.78, 5) is 25.0. The van der Waals surface area contributed by atoms with Crippen LogP contribution in [0.15, 0.2) is 17.5 Å². The first-order chi connectivity index (χ1) is 10.1. The summed E-state index contributed by atoms with van der Waals surface area (Å²) in [6.07, 6.45) is 3.04. The number of hydrogen-bond donors (Lipinski definition) is 1. The van der Waals surface area contributed by atoms with Gasteiger partial charge in [-0.05, 0) is 37.6 Å². The van der Waals surface area contributed by atoms with Crippen molar-refractivity contribution in [3.8, 4) is 0 Å². The molecule has 0 aliphatic carbocycles. The fraction of sp³-hybridized carbons (Fsp3) is 0.625. The number of thiophene rings is 1. The van der Waals surface area contributed by atoms with Gasteiger partial charge >= 0.3 is 0 Å². The Kier molecular flexibility index (Phi) is 5.94. The van der Waals surface area contributed by atoms with Gasteiger partial charge in [-0.25, -0.2) is 0 Å². The van der Waals surface area contributed by atoms with Gasteiger partial charge in [-0.1, -0.05) is 13.0 Å². The maximum atomic E-state index is 12.3. The summed E-state index contributed by atoms with van der Waals surface area (Å²) in [5.41, 5.74) is 0. The van der Waals surface area contributed by atoms with Gasteiger partial charge in [-0.15, -0.1) is 11.3 Å². The number of ketones is 1. The van der Waals surface area contributed by atoms with Gasteiger partial charge in [0.2, 0.25) is 5.91 Å². The Balaban J connectivity index is 1.80. The minimum Gasteiger partial charge on any atom is -0.378 e. The molecule has 1 aliphatic rings. The van der Waals surface area contributed by atoms with Gasteiger partial charge in [0.15, 0.2) is 5.78 Å². The van der Waals surface area contributed by atoms with Gasteiger partial charge in [0.1, 0.15) is 0 Å². The Morgan fingerprint density at radius 3 is 3.00 bits per heavy atom. The molecule has 5 heteroatoms. The third kappa shape index (κ3) is 4.64. The van der Waals surface area contributed by atoms with Crippen molar-refractivity contribution in [2.75, 3.05) is 6.61 Å². The lowest BCUT2D eigenvalue weighted by Crippen LogP contribution is -2.41. The molecule has 1 amide bonds. The van der Waals surface area contributed by atoms with Gasteiger partial charge in [-0.3, -0.25) is 9.59 Å². The Labute approximate surface area is 129 Å². The van der Waals surface area contributed by atoms with Crippen molar-refractivity contribution in [1.29, 1.82) is 0 Å². The predicted octanol–water partition coefficient (Wildman–Crippen LogP) is 3.03. The lowest BCUT2D eigenvalue weighted by molar-refractivity contribution is -0.130. The highest BCUT2D eigenvalue weighted by atomic mass is 32.1. The SMILES string of the molecule is CC[C@@H]1C[C@@H](C(=O)N[C@H](C)CC(=O)c2cccs2)CCO1. The zero-order chi connectivity index (χ0) is 15.2. The molecule has 1 saturated heterocycles. The molecule has 1 fully saturated rings. The maximum Gasteiger partial charge on any atom is 0.223 e. The molecule has 1 aliphatic heterocycles. The molecule has 0 bridgehead atoms. The van der Waals surface area contributed by atoms with Gasteiger partial charge in [0.25, 0.3) is 0 Å². The first-order valence-corrected chi connectivity index (χ1v) is 8.46. The fourth-order valence-corrected chi connectivity index (χ4v) is 3.31. The Bertz CT molecular complexity index is 472. The standard InChI is InChI=1S/C16H23NO3S/c1-3-13-10-12(6-7-20-13)16(19)17-11(2)9-14(18)15-5-4-8-21-15/h4-5,8,11-13H,3,6-7,9-10H2,1-2H3,(H,17,19)/t11-,12+,13-/m1/s1. The average Bonchev–Trinajstić information content (AvgIpc) is 3.01. The Morgan fingerprint density at radius 2 is 2.33 bits per heavy atom. The molecule has 4 nitrogen and oxygen atoms in total. The first kappa shape index (κ1) is 16.2. The molecule has 0 saturated carbocycles. The van der Waals surface area contributed by atoms with E-state index in [0.717, 1.165) is 24.1 Å². The highest BCUT2D eigenvalue weighted by molar-refractivity contribution is 7.12. The van der Waals surface area contributed by atoms with Crippen molar-refractivity contribution < 1.29 is 14.3 Å². The topological polar surface area (TPSA) is 55.4 Å². The van der Waals surface area contributed by atoms with Crippen molar-refractivity contribution in [2.45, 2.75) is 51.7 Å². The molecule has 1 N–H and O–H groups in total. The van der Waals surface area contributed by atoms with Crippen LogP contribution in [0.3, 0.4) is 0 Å². The molecule has 0 spiro atoms. The Hall–Kier alpha value is -1.20. The van der Waals surface area contributed by atoms with Crippen molar-refractivity contribution in [1.82, 2.24) is 5.32 Å². The zero-order valence-corrected chi connectivity index (χ0v) is 13.4. The molecule has 0 unspecified atom stereocenters. The number of Topliss-reactive ketones (excluding diaryl/α,β-unsaturated/α-hetero) is 1. The largest absolute Gasteiger partial charge is 0.378 e. The van der Waals surface area contributed by atoms with Crippen LogP contribution in [0.4, 0.5) is 0 Å². The minimum absolute atomic E-state index is 0.0167. The molecule has 3 atom stereocenters. The van der Waals surface area contributed by atoms with Crippen LogP contribution in [0, 0.1) is 5.92 Å². The van der Waals surface area contributed by atoms with Crippen LogP contribution in [0.25, 0.3) is 0 Å². The lowest BCUT2D eigenvalue weighted by Gasteiger charge is -2.29. The second-order valence-electron chi connectivity index (χ2n) is 5.64. The van der Waals surface area contributed by atoms with Crippen molar-refractivity contribution >= 4 is 23.0 Å². The summed E-state index contributed by atoms with van der Waals surface area (Å²) >= 11 is 1.44. The number of rotatable bonds is 6. The lowest BCUT2D eigenvalue weighted by atomic mass is 9.93. The third-order valence-corrected chi connectivity index (χ3v) is 4.78. The first-order valence-electron chi connectivity index (χ1n) is 7.58. The van der Waals surface area contributed by atoms with E-state index in [1.807, 2.05) is 24.4 Å². The number of carbonyl (C=O) groups is 2. The van der Waals surface area contributed by atoms with Crippen molar-refractivity contribution in [3.05, 3.63) is 22.4 Å². The molecule has 116 valence electrons. The van der Waals surface area contributed by atoms with E-state index in [2.05, 4.69) is 12.2 Å². The van der Waals surface area contributed by atoms with E-state index >= 15 is 0 Å². The molecule has 2 heterocycles. The quantitative estimate of drug-likeness (QED) is 0.822. The summed E-state index contributed by atoms with van der Waals surface area (Å²) in [5.74, 6) is 0.169. The van der Waals surface area contributed by atoms with Crippen LogP contribution < -0.4 is 5.32 Å². The monoisotopic (exact) mass is 309 g/mol. The molecule has 1 aromatic rings. The van der Waals surface area contributed by atoms with Crippen molar-refractivity contribution in [3.63, 3.8) is 0 Å². The van der Waals surface area contributed by atoms with Crippen LogP contribution in [0.1, 0.15) is 49.2 Å². The molecule has 21 heavy (non-hydrogen) atoms. The van der Waals surface area contributed by atoms with E-state index < -0.39 is 0 Å². The van der Waals surface area contributed by atoms with E-state index in [-0.39, 0.29) is 29.8 Å². The minimum atomic E-state index is -0.130. The van der Waals surface area contributed by atoms with E-state index in [9.17, 15) is 9.59 Å². The summed E-state index contributed by atoms with van der Waals surface area (Å²) in [7, 11) is 0. The molecule has 0 aromatic carbocycles. The number of amides is 1. The molecule has 0 radical (unpaired) electrons. The molecule has 1 aromatic heterocycles. The Morgan fingerprint density at radius 1 is 1.52 bits per heavy atom. The molecular formula is C16H23NO3S. The number of hydrogen-bond acceptors (Lipinski definition) is 4. The van der Waals surface area contributed by atoms with E-state index in [0.29, 0.717) is 13.0 Å². The van der Waals surface area contributed by atoms with E-state index in [1.54, 1.807) is 0 Å². The van der Waals surface area contributed by atoms with Crippen LogP contribution in [-0.2, 0) is 9.53 Å².